The van der Waals surface area contributed by atoms with E-state index in [1.807, 2.05) is 6.92 Å². The van der Waals surface area contributed by atoms with Crippen LogP contribution in [0.3, 0.4) is 0 Å². The van der Waals surface area contributed by atoms with Gasteiger partial charge < -0.3 is 9.84 Å². The molecule has 0 aromatic carbocycles. The molecule has 0 bridgehead atoms. The van der Waals surface area contributed by atoms with E-state index in [1.54, 1.807) is 0 Å². The summed E-state index contributed by atoms with van der Waals surface area (Å²) in [7, 11) is 0. The molecule has 0 amide bonds. The van der Waals surface area contributed by atoms with E-state index in [2.05, 4.69) is 27.7 Å². The summed E-state index contributed by atoms with van der Waals surface area (Å²) in [5.41, 5.74) is -0.103. The summed E-state index contributed by atoms with van der Waals surface area (Å²) in [5.74, 6) is 0.327. The van der Waals surface area contributed by atoms with E-state index in [-0.39, 0.29) is 11.7 Å². The topological polar surface area (TPSA) is 29.5 Å². The Bertz CT molecular complexity index is 132. The third kappa shape index (κ3) is 5.27. The van der Waals surface area contributed by atoms with Crippen molar-refractivity contribution >= 4 is 0 Å². The van der Waals surface area contributed by atoms with Crippen molar-refractivity contribution in [2.75, 3.05) is 6.61 Å². The predicted octanol–water partition coefficient (Wildman–Crippen LogP) is 2.60. The summed E-state index contributed by atoms with van der Waals surface area (Å²) in [6.45, 7) is 10.8. The van der Waals surface area contributed by atoms with Crippen molar-refractivity contribution in [3.63, 3.8) is 0 Å². The number of hydrogen-bond acceptors (Lipinski definition) is 2. The summed E-state index contributed by atoms with van der Waals surface area (Å²) < 4.78 is 5.61. The van der Waals surface area contributed by atoms with Crippen molar-refractivity contribution in [3.8, 4) is 0 Å². The molecule has 0 aliphatic heterocycles. The molecule has 1 N–H and O–H groups in total. The van der Waals surface area contributed by atoms with Gasteiger partial charge in [-0.25, -0.2) is 0 Å². The quantitative estimate of drug-likeness (QED) is 0.694. The number of aliphatic hydroxyl groups excluding tert-OH is 1. The van der Waals surface area contributed by atoms with Crippen LogP contribution in [0.1, 0.15) is 47.5 Å². The fourth-order valence-corrected chi connectivity index (χ4v) is 0.849. The lowest BCUT2D eigenvalue weighted by Gasteiger charge is -2.27. The largest absolute Gasteiger partial charge is 0.390 e. The molecule has 0 heterocycles. The molecule has 0 aliphatic rings. The maximum atomic E-state index is 9.65. The SMILES string of the molecule is CCC(C)C(O)COC(C)(C)CC. The second-order valence-corrected chi connectivity index (χ2v) is 4.38. The zero-order valence-electron chi connectivity index (χ0n) is 9.63. The minimum atomic E-state index is -0.323. The first-order valence-corrected chi connectivity index (χ1v) is 5.25. The lowest BCUT2D eigenvalue weighted by molar-refractivity contribution is -0.0734. The Morgan fingerprint density at radius 3 is 2.23 bits per heavy atom. The molecule has 0 fully saturated rings. The Morgan fingerprint density at radius 2 is 1.85 bits per heavy atom. The monoisotopic (exact) mass is 188 g/mol. The average Bonchev–Trinajstić information content (AvgIpc) is 2.13. The Balaban J connectivity index is 3.75. The first-order valence-electron chi connectivity index (χ1n) is 5.25. The van der Waals surface area contributed by atoms with Crippen LogP contribution in [0.2, 0.25) is 0 Å². The standard InChI is InChI=1S/C11H24O2/c1-6-9(3)10(12)8-13-11(4,5)7-2/h9-10,12H,6-8H2,1-5H3. The van der Waals surface area contributed by atoms with Crippen LogP contribution in [-0.2, 0) is 4.74 Å². The summed E-state index contributed by atoms with van der Waals surface area (Å²) in [6, 6.07) is 0. The fourth-order valence-electron chi connectivity index (χ4n) is 0.849. The highest BCUT2D eigenvalue weighted by Crippen LogP contribution is 2.16. The smallest absolute Gasteiger partial charge is 0.0799 e. The third-order valence-electron chi connectivity index (χ3n) is 2.80. The van der Waals surface area contributed by atoms with E-state index >= 15 is 0 Å². The van der Waals surface area contributed by atoms with E-state index in [0.29, 0.717) is 12.5 Å². The zero-order valence-corrected chi connectivity index (χ0v) is 9.63. The van der Waals surface area contributed by atoms with Crippen molar-refractivity contribution in [1.82, 2.24) is 0 Å². The Hall–Kier alpha value is -0.0800. The molecule has 2 unspecified atom stereocenters. The number of rotatable bonds is 6. The van der Waals surface area contributed by atoms with Crippen LogP contribution in [0.4, 0.5) is 0 Å². The van der Waals surface area contributed by atoms with Gasteiger partial charge in [0.2, 0.25) is 0 Å². The number of ether oxygens (including phenoxy) is 1. The molecule has 0 saturated heterocycles. The van der Waals surface area contributed by atoms with E-state index in [0.717, 1.165) is 12.8 Å². The Kier molecular flexibility index (Phi) is 5.57. The van der Waals surface area contributed by atoms with Crippen LogP contribution < -0.4 is 0 Å². The van der Waals surface area contributed by atoms with Crippen LogP contribution >= 0.6 is 0 Å². The van der Waals surface area contributed by atoms with Crippen molar-refractivity contribution in [2.24, 2.45) is 5.92 Å². The molecular formula is C11H24O2. The molecule has 0 aromatic heterocycles. The van der Waals surface area contributed by atoms with Crippen molar-refractivity contribution in [2.45, 2.75) is 59.2 Å². The summed E-state index contributed by atoms with van der Waals surface area (Å²) in [4.78, 5) is 0. The van der Waals surface area contributed by atoms with Crippen molar-refractivity contribution in [1.29, 1.82) is 0 Å². The van der Waals surface area contributed by atoms with E-state index in [1.165, 1.54) is 0 Å². The van der Waals surface area contributed by atoms with E-state index in [9.17, 15) is 5.11 Å². The first kappa shape index (κ1) is 12.9. The van der Waals surface area contributed by atoms with Gasteiger partial charge in [-0.1, -0.05) is 27.2 Å². The van der Waals surface area contributed by atoms with Gasteiger partial charge >= 0.3 is 0 Å². The highest BCUT2D eigenvalue weighted by molar-refractivity contribution is 4.68. The van der Waals surface area contributed by atoms with E-state index in [4.69, 9.17) is 4.74 Å². The molecule has 0 radical (unpaired) electrons. The molecule has 2 heteroatoms. The minimum Gasteiger partial charge on any atom is -0.390 e. The second-order valence-electron chi connectivity index (χ2n) is 4.38. The maximum Gasteiger partial charge on any atom is 0.0799 e. The Labute approximate surface area is 82.3 Å². The van der Waals surface area contributed by atoms with Gasteiger partial charge in [0.15, 0.2) is 0 Å². The fraction of sp³-hybridized carbons (Fsp3) is 1.00. The van der Waals surface area contributed by atoms with E-state index < -0.39 is 0 Å². The summed E-state index contributed by atoms with van der Waals surface area (Å²) in [6.07, 6.45) is 1.65. The molecule has 0 aromatic rings. The molecule has 2 atom stereocenters. The van der Waals surface area contributed by atoms with Crippen LogP contribution in [0.5, 0.6) is 0 Å². The minimum absolute atomic E-state index is 0.103. The molecule has 0 aliphatic carbocycles. The second kappa shape index (κ2) is 5.61. The maximum absolute atomic E-state index is 9.65. The highest BCUT2D eigenvalue weighted by atomic mass is 16.5. The highest BCUT2D eigenvalue weighted by Gasteiger charge is 2.19. The average molecular weight is 188 g/mol. The van der Waals surface area contributed by atoms with Gasteiger partial charge in [-0.3, -0.25) is 0 Å². The molecule has 80 valence electrons. The molecule has 0 spiro atoms. The van der Waals surface area contributed by atoms with Crippen LogP contribution in [0, 0.1) is 5.92 Å². The molecular weight excluding hydrogens is 164 g/mol. The van der Waals surface area contributed by atoms with Gasteiger partial charge in [0, 0.05) is 0 Å². The van der Waals surface area contributed by atoms with Gasteiger partial charge in [-0.2, -0.15) is 0 Å². The lowest BCUT2D eigenvalue weighted by atomic mass is 10.0. The van der Waals surface area contributed by atoms with Gasteiger partial charge in [0.25, 0.3) is 0 Å². The third-order valence-corrected chi connectivity index (χ3v) is 2.80. The van der Waals surface area contributed by atoms with Crippen LogP contribution in [-0.4, -0.2) is 23.4 Å². The lowest BCUT2D eigenvalue weighted by Crippen LogP contribution is -2.31. The van der Waals surface area contributed by atoms with Crippen LogP contribution in [0.15, 0.2) is 0 Å². The summed E-state index contributed by atoms with van der Waals surface area (Å²) in [5, 5.41) is 9.65. The molecule has 0 saturated carbocycles. The predicted molar refractivity (Wildman–Crippen MR) is 55.8 cm³/mol. The van der Waals surface area contributed by atoms with Gasteiger partial charge in [-0.05, 0) is 26.2 Å². The van der Waals surface area contributed by atoms with Crippen LogP contribution in [0.25, 0.3) is 0 Å². The zero-order chi connectivity index (χ0) is 10.5. The van der Waals surface area contributed by atoms with Gasteiger partial charge in [0.1, 0.15) is 0 Å². The number of hydrogen-bond donors (Lipinski definition) is 1. The molecule has 2 nitrogen and oxygen atoms in total. The first-order chi connectivity index (χ1) is 5.93. The molecule has 0 rings (SSSR count). The number of aliphatic hydroxyl groups is 1. The Morgan fingerprint density at radius 1 is 1.31 bits per heavy atom. The van der Waals surface area contributed by atoms with Gasteiger partial charge in [0.05, 0.1) is 18.3 Å². The normalized spacial score (nSPS) is 17.1. The van der Waals surface area contributed by atoms with Gasteiger partial charge in [-0.15, -0.1) is 0 Å². The summed E-state index contributed by atoms with van der Waals surface area (Å²) >= 11 is 0. The van der Waals surface area contributed by atoms with Crippen molar-refractivity contribution < 1.29 is 9.84 Å². The van der Waals surface area contributed by atoms with Crippen molar-refractivity contribution in [3.05, 3.63) is 0 Å². The molecule has 13 heavy (non-hydrogen) atoms.